The molecule has 8 rings (SSSR count). The van der Waals surface area contributed by atoms with Gasteiger partial charge in [0.15, 0.2) is 11.6 Å². The Hall–Kier alpha value is -5.05. The number of phenols is 1. The van der Waals surface area contributed by atoms with Crippen LogP contribution in [0, 0.1) is 23.7 Å². The molecular weight excluding hydrogens is 840 g/mol. The molecule has 2 N–H and O–H groups in total. The summed E-state index contributed by atoms with van der Waals surface area (Å²) >= 11 is 16.0. The van der Waals surface area contributed by atoms with E-state index in [1.807, 2.05) is 0 Å². The highest BCUT2D eigenvalue weighted by molar-refractivity contribution is 9.10. The highest BCUT2D eigenvalue weighted by atomic mass is 79.9. The number of alkyl halides is 3. The van der Waals surface area contributed by atoms with E-state index < -0.39 is 81.2 Å². The standard InChI is InChI=1S/C40H28BrCl2F3N4O6/c1-18(51)19-2-9-24(10-3-19)49-35(53)26-12-11-25-27(32(26)37(49)55)16-29-36(54)50(48-34-30(43)14-21(17-47-34)40(44,45)46)38(56)39(29,20-4-7-23(42)8-5-20)33(25)28-15-22(41)6-13-31(28)52/h2-11,13-15,17,26-27,29,32-33,52H,12,16H2,1H3,(H,47,48)/t26-,27+,29-,32-,33+,39+/m0/s1. The van der Waals surface area contributed by atoms with Crippen molar-refractivity contribution in [2.45, 2.75) is 37.3 Å². The zero-order chi connectivity index (χ0) is 40.0. The average molecular weight is 868 g/mol. The van der Waals surface area contributed by atoms with E-state index in [-0.39, 0.29) is 35.6 Å². The van der Waals surface area contributed by atoms with Crippen LogP contribution in [0.4, 0.5) is 24.7 Å². The number of pyridine rings is 1. The fourth-order valence-electron chi connectivity index (χ4n) is 8.98. The Kier molecular flexibility index (Phi) is 9.17. The third-order valence-corrected chi connectivity index (χ3v) is 12.4. The number of aromatic hydroxyl groups is 1. The second-order valence-corrected chi connectivity index (χ2v) is 16.0. The van der Waals surface area contributed by atoms with Crippen LogP contribution < -0.4 is 10.3 Å². The summed E-state index contributed by atoms with van der Waals surface area (Å²) in [6, 6.07) is 17.7. The molecule has 3 fully saturated rings. The number of imide groups is 2. The largest absolute Gasteiger partial charge is 0.508 e. The monoisotopic (exact) mass is 866 g/mol. The van der Waals surface area contributed by atoms with Crippen molar-refractivity contribution >= 4 is 80.0 Å². The van der Waals surface area contributed by atoms with E-state index in [1.54, 1.807) is 42.5 Å². The number of amides is 4. The molecule has 56 heavy (non-hydrogen) atoms. The zero-order valence-corrected chi connectivity index (χ0v) is 32.1. The van der Waals surface area contributed by atoms with E-state index in [1.165, 1.54) is 37.3 Å². The van der Waals surface area contributed by atoms with Crippen molar-refractivity contribution in [3.8, 4) is 5.75 Å². The minimum Gasteiger partial charge on any atom is -0.508 e. The van der Waals surface area contributed by atoms with E-state index in [0.717, 1.165) is 4.90 Å². The number of anilines is 2. The lowest BCUT2D eigenvalue weighted by atomic mass is 9.49. The van der Waals surface area contributed by atoms with Gasteiger partial charge in [-0.05, 0) is 91.9 Å². The van der Waals surface area contributed by atoms with E-state index in [0.29, 0.717) is 43.5 Å². The Labute approximate surface area is 335 Å². The number of aromatic nitrogens is 1. The summed E-state index contributed by atoms with van der Waals surface area (Å²) in [7, 11) is 0. The van der Waals surface area contributed by atoms with Crippen molar-refractivity contribution in [2.24, 2.45) is 23.7 Å². The van der Waals surface area contributed by atoms with Gasteiger partial charge in [0.25, 0.3) is 11.8 Å². The van der Waals surface area contributed by atoms with Gasteiger partial charge in [0.1, 0.15) is 5.75 Å². The lowest BCUT2D eigenvalue weighted by Crippen LogP contribution is -2.53. The predicted octanol–water partition coefficient (Wildman–Crippen LogP) is 8.27. The van der Waals surface area contributed by atoms with Gasteiger partial charge in [-0.3, -0.25) is 34.3 Å². The van der Waals surface area contributed by atoms with Gasteiger partial charge in [0, 0.05) is 32.7 Å². The van der Waals surface area contributed by atoms with Crippen molar-refractivity contribution in [3.63, 3.8) is 0 Å². The van der Waals surface area contributed by atoms with Crippen molar-refractivity contribution in [1.29, 1.82) is 0 Å². The van der Waals surface area contributed by atoms with E-state index >= 15 is 4.79 Å². The fourth-order valence-corrected chi connectivity index (χ4v) is 9.70. The van der Waals surface area contributed by atoms with E-state index in [2.05, 4.69) is 26.3 Å². The number of fused-ring (bicyclic) bond motifs is 4. The molecule has 4 amide bonds. The molecule has 2 aliphatic heterocycles. The number of carbonyl (C=O) groups excluding carboxylic acids is 5. The Bertz CT molecular complexity index is 2410. The number of halogens is 6. The number of phenolic OH excluding ortho intramolecular Hbond substituents is 1. The molecule has 3 heterocycles. The molecule has 286 valence electrons. The number of nitrogens with zero attached hydrogens (tertiary/aromatic N) is 3. The number of nitrogens with one attached hydrogen (secondary N) is 1. The van der Waals surface area contributed by atoms with Crippen LogP contribution in [0.2, 0.25) is 10.0 Å². The molecular formula is C40H28BrCl2F3N4O6. The van der Waals surface area contributed by atoms with Gasteiger partial charge in [-0.1, -0.05) is 62.9 Å². The first-order valence-corrected chi connectivity index (χ1v) is 18.9. The number of allylic oxidation sites excluding steroid dienone is 2. The third-order valence-electron chi connectivity index (χ3n) is 11.4. The van der Waals surface area contributed by atoms with Crippen LogP contribution in [0.15, 0.2) is 95.1 Å². The summed E-state index contributed by atoms with van der Waals surface area (Å²) in [5.41, 5.74) is 1.42. The molecule has 0 bridgehead atoms. The quantitative estimate of drug-likeness (QED) is 0.112. The SMILES string of the molecule is CC(=O)c1ccc(N2C(=O)[C@H]3[C@H](CC=C4[C@H]3C[C@H]3C(=O)N(Nc5ncc(C(F)(F)F)cc5Cl)C(=O)[C@@]3(c3ccc(Cl)cc3)[C@H]4c3cc(Br)ccc3O)C2=O)cc1. The molecule has 0 spiro atoms. The maximum Gasteiger partial charge on any atom is 0.417 e. The maximum atomic E-state index is 15.3. The molecule has 2 aliphatic carbocycles. The smallest absolute Gasteiger partial charge is 0.417 e. The molecule has 0 radical (unpaired) electrons. The highest BCUT2D eigenvalue weighted by Crippen LogP contribution is 2.65. The van der Waals surface area contributed by atoms with Gasteiger partial charge in [0.05, 0.1) is 39.4 Å². The second-order valence-electron chi connectivity index (χ2n) is 14.2. The van der Waals surface area contributed by atoms with Crippen LogP contribution in [-0.2, 0) is 30.8 Å². The van der Waals surface area contributed by atoms with Crippen LogP contribution in [-0.4, -0.2) is 44.5 Å². The number of Topliss-reactive ketones (excluding diaryl/α,β-unsaturated/α-hetero) is 1. The molecule has 4 aliphatic rings. The average Bonchev–Trinajstić information content (AvgIpc) is 3.54. The maximum absolute atomic E-state index is 15.3. The van der Waals surface area contributed by atoms with Crippen molar-refractivity contribution in [3.05, 3.63) is 127 Å². The molecule has 6 atom stereocenters. The van der Waals surface area contributed by atoms with Crippen LogP contribution in [0.25, 0.3) is 0 Å². The fraction of sp³-hybridized carbons (Fsp3) is 0.250. The summed E-state index contributed by atoms with van der Waals surface area (Å²) in [6.45, 7) is 1.40. The van der Waals surface area contributed by atoms with E-state index in [9.17, 15) is 37.5 Å². The Morgan fingerprint density at radius 1 is 0.946 bits per heavy atom. The highest BCUT2D eigenvalue weighted by Gasteiger charge is 2.70. The number of benzene rings is 3. The lowest BCUT2D eigenvalue weighted by Gasteiger charge is -2.50. The number of rotatable bonds is 6. The van der Waals surface area contributed by atoms with Crippen LogP contribution >= 0.6 is 39.1 Å². The van der Waals surface area contributed by atoms with Gasteiger partial charge >= 0.3 is 6.18 Å². The summed E-state index contributed by atoms with van der Waals surface area (Å²) < 4.78 is 41.0. The Morgan fingerprint density at radius 2 is 1.64 bits per heavy atom. The molecule has 1 aromatic heterocycles. The second kappa shape index (κ2) is 13.6. The van der Waals surface area contributed by atoms with Crippen molar-refractivity contribution < 1.29 is 42.3 Å². The summed E-state index contributed by atoms with van der Waals surface area (Å²) in [4.78, 5) is 75.5. The number of hydrogen-bond acceptors (Lipinski definition) is 8. The predicted molar refractivity (Wildman–Crippen MR) is 202 cm³/mol. The van der Waals surface area contributed by atoms with Crippen LogP contribution in [0.3, 0.4) is 0 Å². The van der Waals surface area contributed by atoms with Gasteiger partial charge < -0.3 is 5.11 Å². The number of ketones is 1. The molecule has 0 unspecified atom stereocenters. The van der Waals surface area contributed by atoms with Gasteiger partial charge in [-0.25, -0.2) is 4.98 Å². The molecule has 3 aromatic carbocycles. The number of hydrazine groups is 1. The van der Waals surface area contributed by atoms with Gasteiger partial charge in [-0.2, -0.15) is 18.2 Å². The molecule has 10 nitrogen and oxygen atoms in total. The number of hydrogen-bond donors (Lipinski definition) is 2. The minimum atomic E-state index is -4.77. The minimum absolute atomic E-state index is 0.102. The van der Waals surface area contributed by atoms with Crippen LogP contribution in [0.5, 0.6) is 5.75 Å². The molecule has 16 heteroatoms. The third kappa shape index (κ3) is 5.75. The number of carbonyl (C=O) groups is 5. The normalized spacial score (nSPS) is 25.8. The summed E-state index contributed by atoms with van der Waals surface area (Å²) in [5.74, 6) is -8.33. The zero-order valence-electron chi connectivity index (χ0n) is 29.0. The summed E-state index contributed by atoms with van der Waals surface area (Å²) in [5, 5.41) is 12.1. The first-order valence-electron chi connectivity index (χ1n) is 17.3. The van der Waals surface area contributed by atoms with Crippen molar-refractivity contribution in [2.75, 3.05) is 10.3 Å². The topological polar surface area (TPSA) is 137 Å². The first kappa shape index (κ1) is 37.9. The lowest BCUT2D eigenvalue weighted by molar-refractivity contribution is -0.139. The molecule has 4 aromatic rings. The first-order chi connectivity index (χ1) is 26.5. The Morgan fingerprint density at radius 3 is 2.29 bits per heavy atom. The van der Waals surface area contributed by atoms with Gasteiger partial charge in [-0.15, -0.1) is 0 Å². The van der Waals surface area contributed by atoms with Gasteiger partial charge in [0.2, 0.25) is 11.8 Å². The van der Waals surface area contributed by atoms with Crippen LogP contribution in [0.1, 0.15) is 52.7 Å². The molecule has 2 saturated heterocycles. The van der Waals surface area contributed by atoms with Crippen molar-refractivity contribution in [1.82, 2.24) is 9.99 Å². The summed E-state index contributed by atoms with van der Waals surface area (Å²) in [6.07, 6.45) is -2.44. The van der Waals surface area contributed by atoms with E-state index in [4.69, 9.17) is 23.2 Å². The molecule has 1 saturated carbocycles. The Balaban J connectivity index is 1.30.